The summed E-state index contributed by atoms with van der Waals surface area (Å²) in [5, 5.41) is 6.04. The molecule has 0 unspecified atom stereocenters. The molecule has 3 rings (SSSR count). The van der Waals surface area contributed by atoms with Crippen LogP contribution in [0.5, 0.6) is 17.2 Å². The molecule has 26 heavy (non-hydrogen) atoms. The predicted molar refractivity (Wildman–Crippen MR) is 99.1 cm³/mol. The standard InChI is InChI=1S/C20H22N2O4/c1-24-15-6-4-5-14(11-15)12-20(23)22-10-9-18(21-22)17-8-7-16(25-2)13-19(17)26-3/h4-8,11,13H,9-10,12H2,1-3H3. The summed E-state index contributed by atoms with van der Waals surface area (Å²) in [5.41, 5.74) is 2.62. The van der Waals surface area contributed by atoms with Crippen LogP contribution < -0.4 is 14.2 Å². The molecule has 2 aromatic rings. The number of carbonyl (C=O) groups is 1. The lowest BCUT2D eigenvalue weighted by Gasteiger charge is -2.12. The number of hydrogen-bond donors (Lipinski definition) is 0. The van der Waals surface area contributed by atoms with Gasteiger partial charge in [-0.05, 0) is 29.8 Å². The first kappa shape index (κ1) is 17.8. The van der Waals surface area contributed by atoms with E-state index < -0.39 is 0 Å². The third-order valence-corrected chi connectivity index (χ3v) is 4.30. The van der Waals surface area contributed by atoms with Crippen molar-refractivity contribution in [3.05, 3.63) is 53.6 Å². The first-order valence-corrected chi connectivity index (χ1v) is 8.37. The van der Waals surface area contributed by atoms with Gasteiger partial charge in [-0.1, -0.05) is 12.1 Å². The monoisotopic (exact) mass is 354 g/mol. The van der Waals surface area contributed by atoms with Crippen LogP contribution in [-0.2, 0) is 11.2 Å². The molecule has 0 saturated carbocycles. The zero-order valence-corrected chi connectivity index (χ0v) is 15.2. The third-order valence-electron chi connectivity index (χ3n) is 4.30. The fraction of sp³-hybridized carbons (Fsp3) is 0.300. The topological polar surface area (TPSA) is 60.4 Å². The van der Waals surface area contributed by atoms with Crippen LogP contribution in [0.2, 0.25) is 0 Å². The Morgan fingerprint density at radius 2 is 1.81 bits per heavy atom. The smallest absolute Gasteiger partial charge is 0.247 e. The van der Waals surface area contributed by atoms with Crippen LogP contribution in [0.25, 0.3) is 0 Å². The molecule has 0 fully saturated rings. The van der Waals surface area contributed by atoms with Crippen molar-refractivity contribution in [3.63, 3.8) is 0 Å². The van der Waals surface area contributed by atoms with Crippen molar-refractivity contribution in [2.24, 2.45) is 5.10 Å². The van der Waals surface area contributed by atoms with Crippen molar-refractivity contribution in [2.45, 2.75) is 12.8 Å². The van der Waals surface area contributed by atoms with Crippen molar-refractivity contribution in [1.29, 1.82) is 0 Å². The van der Waals surface area contributed by atoms with Gasteiger partial charge in [-0.15, -0.1) is 0 Å². The van der Waals surface area contributed by atoms with Gasteiger partial charge in [0.1, 0.15) is 17.2 Å². The number of benzene rings is 2. The molecule has 136 valence electrons. The number of carbonyl (C=O) groups excluding carboxylic acids is 1. The molecule has 1 aliphatic rings. The molecule has 0 aliphatic carbocycles. The van der Waals surface area contributed by atoms with Crippen LogP contribution in [0, 0.1) is 0 Å². The van der Waals surface area contributed by atoms with Gasteiger partial charge >= 0.3 is 0 Å². The van der Waals surface area contributed by atoms with Gasteiger partial charge in [0.2, 0.25) is 5.91 Å². The average molecular weight is 354 g/mol. The van der Waals surface area contributed by atoms with E-state index in [1.165, 1.54) is 5.01 Å². The summed E-state index contributed by atoms with van der Waals surface area (Å²) in [6, 6.07) is 13.1. The zero-order valence-electron chi connectivity index (χ0n) is 15.2. The van der Waals surface area contributed by atoms with Crippen molar-refractivity contribution in [3.8, 4) is 17.2 Å². The van der Waals surface area contributed by atoms with E-state index in [4.69, 9.17) is 14.2 Å². The van der Waals surface area contributed by atoms with Crippen LogP contribution in [-0.4, -0.2) is 44.5 Å². The maximum absolute atomic E-state index is 12.6. The van der Waals surface area contributed by atoms with Gasteiger partial charge in [-0.3, -0.25) is 4.79 Å². The Kier molecular flexibility index (Phi) is 5.41. The number of hydrazone groups is 1. The van der Waals surface area contributed by atoms with Gasteiger partial charge in [0.25, 0.3) is 0 Å². The maximum Gasteiger partial charge on any atom is 0.247 e. The van der Waals surface area contributed by atoms with Gasteiger partial charge in [-0.25, -0.2) is 5.01 Å². The SMILES string of the molecule is COc1cccc(CC(=O)N2CCC(c3ccc(OC)cc3OC)=N2)c1. The van der Waals surface area contributed by atoms with Crippen molar-refractivity contribution in [2.75, 3.05) is 27.9 Å². The van der Waals surface area contributed by atoms with Crippen molar-refractivity contribution < 1.29 is 19.0 Å². The predicted octanol–water partition coefficient (Wildman–Crippen LogP) is 2.89. The fourth-order valence-electron chi connectivity index (χ4n) is 2.91. The second-order valence-electron chi connectivity index (χ2n) is 5.91. The van der Waals surface area contributed by atoms with Gasteiger partial charge in [0, 0.05) is 18.1 Å². The van der Waals surface area contributed by atoms with E-state index in [0.717, 1.165) is 28.3 Å². The molecule has 0 spiro atoms. The molecule has 0 radical (unpaired) electrons. The highest BCUT2D eigenvalue weighted by Crippen LogP contribution is 2.28. The molecule has 0 aromatic heterocycles. The third kappa shape index (κ3) is 3.79. The lowest BCUT2D eigenvalue weighted by Crippen LogP contribution is -2.25. The number of rotatable bonds is 6. The van der Waals surface area contributed by atoms with Crippen molar-refractivity contribution in [1.82, 2.24) is 5.01 Å². The Bertz CT molecular complexity index is 832. The summed E-state index contributed by atoms with van der Waals surface area (Å²) in [6.07, 6.45) is 0.972. The minimum atomic E-state index is -0.0410. The second-order valence-corrected chi connectivity index (χ2v) is 5.91. The lowest BCUT2D eigenvalue weighted by molar-refractivity contribution is -0.130. The molecule has 0 bridgehead atoms. The first-order chi connectivity index (χ1) is 12.6. The second kappa shape index (κ2) is 7.91. The number of hydrogen-bond acceptors (Lipinski definition) is 5. The number of amides is 1. The molecule has 6 heteroatoms. The Morgan fingerprint density at radius 3 is 2.54 bits per heavy atom. The molecule has 6 nitrogen and oxygen atoms in total. The number of methoxy groups -OCH3 is 3. The summed E-state index contributed by atoms with van der Waals surface area (Å²) in [7, 11) is 4.83. The summed E-state index contributed by atoms with van der Waals surface area (Å²) in [6.45, 7) is 0.563. The lowest BCUT2D eigenvalue weighted by atomic mass is 10.1. The Morgan fingerprint density at radius 1 is 1.04 bits per heavy atom. The van der Waals surface area contributed by atoms with Gasteiger partial charge in [-0.2, -0.15) is 5.10 Å². The largest absolute Gasteiger partial charge is 0.497 e. The number of ether oxygens (including phenoxy) is 3. The highest BCUT2D eigenvalue weighted by atomic mass is 16.5. The molecule has 1 heterocycles. The Balaban J connectivity index is 1.75. The summed E-state index contributed by atoms with van der Waals surface area (Å²) in [4.78, 5) is 12.6. The van der Waals surface area contributed by atoms with Crippen LogP contribution >= 0.6 is 0 Å². The molecule has 0 atom stereocenters. The maximum atomic E-state index is 12.6. The highest BCUT2D eigenvalue weighted by molar-refractivity contribution is 6.05. The summed E-state index contributed by atoms with van der Waals surface area (Å²) in [5.74, 6) is 2.10. The Labute approximate surface area is 153 Å². The average Bonchev–Trinajstić information content (AvgIpc) is 3.17. The molecule has 1 amide bonds. The van der Waals surface area contributed by atoms with E-state index in [9.17, 15) is 4.79 Å². The molecule has 0 saturated heterocycles. The van der Waals surface area contributed by atoms with Gasteiger partial charge in [0.05, 0.1) is 40.0 Å². The van der Waals surface area contributed by atoms with E-state index >= 15 is 0 Å². The molecular weight excluding hydrogens is 332 g/mol. The summed E-state index contributed by atoms with van der Waals surface area (Å²) >= 11 is 0. The van der Waals surface area contributed by atoms with Crippen molar-refractivity contribution >= 4 is 11.6 Å². The van der Waals surface area contributed by atoms with Crippen LogP contribution in [0.4, 0.5) is 0 Å². The van der Waals surface area contributed by atoms with E-state index in [1.807, 2.05) is 42.5 Å². The Hall–Kier alpha value is -3.02. The molecule has 1 aliphatic heterocycles. The van der Waals surface area contributed by atoms with Gasteiger partial charge in [0.15, 0.2) is 0 Å². The van der Waals surface area contributed by atoms with Crippen LogP contribution in [0.3, 0.4) is 0 Å². The minimum absolute atomic E-state index is 0.0410. The molecule has 2 aromatic carbocycles. The normalized spacial score (nSPS) is 13.3. The van der Waals surface area contributed by atoms with Crippen LogP contribution in [0.1, 0.15) is 17.5 Å². The fourth-order valence-corrected chi connectivity index (χ4v) is 2.91. The minimum Gasteiger partial charge on any atom is -0.497 e. The van der Waals surface area contributed by atoms with Gasteiger partial charge < -0.3 is 14.2 Å². The van der Waals surface area contributed by atoms with E-state index in [1.54, 1.807) is 21.3 Å². The zero-order chi connectivity index (χ0) is 18.5. The van der Waals surface area contributed by atoms with E-state index in [0.29, 0.717) is 18.7 Å². The summed E-state index contributed by atoms with van der Waals surface area (Å²) < 4.78 is 15.9. The van der Waals surface area contributed by atoms with E-state index in [2.05, 4.69) is 5.10 Å². The van der Waals surface area contributed by atoms with Crippen LogP contribution in [0.15, 0.2) is 47.6 Å². The van der Waals surface area contributed by atoms with E-state index in [-0.39, 0.29) is 12.3 Å². The molecular formula is C20H22N2O4. The highest BCUT2D eigenvalue weighted by Gasteiger charge is 2.23. The quantitative estimate of drug-likeness (QED) is 0.800. The molecule has 0 N–H and O–H groups in total. The number of nitrogens with zero attached hydrogens (tertiary/aromatic N) is 2. The first-order valence-electron chi connectivity index (χ1n) is 8.37.